The lowest BCUT2D eigenvalue weighted by atomic mass is 10.2. The molecule has 0 saturated heterocycles. The lowest BCUT2D eigenvalue weighted by Gasteiger charge is -2.11. The molecule has 80 valence electrons. The second-order valence-electron chi connectivity index (χ2n) is 2.57. The second-order valence-corrected chi connectivity index (χ2v) is 3.36. The Bertz CT molecular complexity index is 425. The van der Waals surface area contributed by atoms with Crippen molar-refractivity contribution in [3.05, 3.63) is 21.9 Å². The Morgan fingerprint density at radius 2 is 2.13 bits per heavy atom. The standard InChI is InChI=1S/C8H4BrF3N2O/c1-4-5(2-13)14-3-6(7(4)9)15-8(10,11)12/h3H,1H3. The third kappa shape index (κ3) is 2.83. The van der Waals surface area contributed by atoms with Crippen molar-refractivity contribution in [3.63, 3.8) is 0 Å². The summed E-state index contributed by atoms with van der Waals surface area (Å²) in [6.45, 7) is 1.47. The van der Waals surface area contributed by atoms with Crippen molar-refractivity contribution in [1.82, 2.24) is 4.98 Å². The number of alkyl halides is 3. The zero-order valence-corrected chi connectivity index (χ0v) is 8.98. The van der Waals surface area contributed by atoms with Crippen LogP contribution in [0.25, 0.3) is 0 Å². The predicted molar refractivity (Wildman–Crippen MR) is 48.1 cm³/mol. The highest BCUT2D eigenvalue weighted by molar-refractivity contribution is 9.10. The molecule has 15 heavy (non-hydrogen) atoms. The van der Waals surface area contributed by atoms with Gasteiger partial charge in [-0.15, -0.1) is 13.2 Å². The van der Waals surface area contributed by atoms with Gasteiger partial charge in [0.05, 0.1) is 10.7 Å². The minimum atomic E-state index is -4.77. The minimum absolute atomic E-state index is 0.0522. The summed E-state index contributed by atoms with van der Waals surface area (Å²) in [6, 6.07) is 1.75. The van der Waals surface area contributed by atoms with Crippen LogP contribution >= 0.6 is 15.9 Å². The van der Waals surface area contributed by atoms with Crippen LogP contribution in [0, 0.1) is 18.3 Å². The molecule has 0 aliphatic heterocycles. The molecular weight excluding hydrogens is 277 g/mol. The third-order valence-electron chi connectivity index (χ3n) is 1.54. The lowest BCUT2D eigenvalue weighted by molar-refractivity contribution is -0.275. The Hall–Kier alpha value is -1.29. The number of nitriles is 1. The van der Waals surface area contributed by atoms with Crippen LogP contribution < -0.4 is 4.74 Å². The van der Waals surface area contributed by atoms with E-state index in [1.54, 1.807) is 6.07 Å². The van der Waals surface area contributed by atoms with E-state index in [0.717, 1.165) is 6.20 Å². The Morgan fingerprint density at radius 1 is 1.53 bits per heavy atom. The highest BCUT2D eigenvalue weighted by atomic mass is 79.9. The van der Waals surface area contributed by atoms with Gasteiger partial charge in [0.15, 0.2) is 5.75 Å². The summed E-state index contributed by atoms with van der Waals surface area (Å²) in [5, 5.41) is 8.57. The molecule has 1 heterocycles. The molecule has 1 aromatic rings. The molecule has 0 radical (unpaired) electrons. The fourth-order valence-electron chi connectivity index (χ4n) is 0.874. The summed E-state index contributed by atoms with van der Waals surface area (Å²) in [5.74, 6) is -0.459. The first-order chi connectivity index (χ1) is 6.85. The SMILES string of the molecule is Cc1c(C#N)ncc(OC(F)(F)F)c1Br. The number of ether oxygens (including phenoxy) is 1. The van der Waals surface area contributed by atoms with Crippen LogP contribution in [-0.4, -0.2) is 11.3 Å². The summed E-state index contributed by atoms with van der Waals surface area (Å²) >= 11 is 2.91. The molecule has 3 nitrogen and oxygen atoms in total. The summed E-state index contributed by atoms with van der Waals surface area (Å²) in [5.41, 5.74) is 0.357. The van der Waals surface area contributed by atoms with E-state index in [2.05, 4.69) is 25.7 Å². The molecule has 1 rings (SSSR count). The summed E-state index contributed by atoms with van der Waals surface area (Å²) in [4.78, 5) is 3.53. The van der Waals surface area contributed by atoms with Gasteiger partial charge in [0.2, 0.25) is 0 Å². The molecule has 0 aromatic carbocycles. The van der Waals surface area contributed by atoms with Crippen LogP contribution in [0.5, 0.6) is 5.75 Å². The molecule has 0 aliphatic rings. The number of rotatable bonds is 1. The normalized spacial score (nSPS) is 10.9. The lowest BCUT2D eigenvalue weighted by Crippen LogP contribution is -2.18. The summed E-state index contributed by atoms with van der Waals surface area (Å²) < 4.78 is 39.5. The Kier molecular flexibility index (Phi) is 3.19. The van der Waals surface area contributed by atoms with Gasteiger partial charge >= 0.3 is 6.36 Å². The quantitative estimate of drug-likeness (QED) is 0.795. The topological polar surface area (TPSA) is 45.9 Å². The van der Waals surface area contributed by atoms with Gasteiger partial charge < -0.3 is 4.74 Å². The highest BCUT2D eigenvalue weighted by Gasteiger charge is 2.32. The van der Waals surface area contributed by atoms with Crippen molar-refractivity contribution in [2.24, 2.45) is 0 Å². The molecule has 0 atom stereocenters. The molecule has 0 N–H and O–H groups in total. The number of nitrogens with zero attached hydrogens (tertiary/aromatic N) is 2. The van der Waals surface area contributed by atoms with Gasteiger partial charge in [0.1, 0.15) is 11.8 Å². The van der Waals surface area contributed by atoms with Gasteiger partial charge in [-0.1, -0.05) is 0 Å². The van der Waals surface area contributed by atoms with E-state index in [9.17, 15) is 13.2 Å². The van der Waals surface area contributed by atoms with Crippen molar-refractivity contribution < 1.29 is 17.9 Å². The minimum Gasteiger partial charge on any atom is -0.403 e. The smallest absolute Gasteiger partial charge is 0.403 e. The predicted octanol–water partition coefficient (Wildman–Crippen LogP) is 2.92. The summed E-state index contributed by atoms with van der Waals surface area (Å²) in [6.07, 6.45) is -3.92. The van der Waals surface area contributed by atoms with Crippen LogP contribution in [0.3, 0.4) is 0 Å². The van der Waals surface area contributed by atoms with Gasteiger partial charge in [-0.2, -0.15) is 5.26 Å². The molecule has 0 unspecified atom stereocenters. The molecule has 0 aliphatic carbocycles. The Morgan fingerprint density at radius 3 is 2.60 bits per heavy atom. The molecule has 7 heteroatoms. The fourth-order valence-corrected chi connectivity index (χ4v) is 1.25. The molecule has 0 saturated carbocycles. The van der Waals surface area contributed by atoms with E-state index in [0.29, 0.717) is 5.56 Å². The Balaban J connectivity index is 3.14. The molecule has 0 fully saturated rings. The number of halogens is 4. The largest absolute Gasteiger partial charge is 0.573 e. The van der Waals surface area contributed by atoms with Crippen molar-refractivity contribution >= 4 is 15.9 Å². The van der Waals surface area contributed by atoms with Crippen LogP contribution in [-0.2, 0) is 0 Å². The van der Waals surface area contributed by atoms with Crippen LogP contribution in [0.15, 0.2) is 10.7 Å². The number of hydrogen-bond donors (Lipinski definition) is 0. The van der Waals surface area contributed by atoms with E-state index >= 15 is 0 Å². The van der Waals surface area contributed by atoms with E-state index in [1.165, 1.54) is 6.92 Å². The molecular formula is C8H4BrF3N2O. The van der Waals surface area contributed by atoms with Crippen LogP contribution in [0.4, 0.5) is 13.2 Å². The van der Waals surface area contributed by atoms with Crippen LogP contribution in [0.2, 0.25) is 0 Å². The fraction of sp³-hybridized carbons (Fsp3) is 0.250. The first kappa shape index (κ1) is 11.8. The van der Waals surface area contributed by atoms with Gasteiger partial charge in [0.25, 0.3) is 0 Å². The zero-order valence-electron chi connectivity index (χ0n) is 7.39. The molecule has 0 amide bonds. The average molecular weight is 281 g/mol. The van der Waals surface area contributed by atoms with Gasteiger partial charge in [0, 0.05) is 5.56 Å². The molecule has 1 aromatic heterocycles. The second kappa shape index (κ2) is 4.06. The van der Waals surface area contributed by atoms with Gasteiger partial charge in [-0.05, 0) is 22.9 Å². The number of pyridine rings is 1. The maximum absolute atomic E-state index is 11.9. The average Bonchev–Trinajstić information content (AvgIpc) is 2.11. The van der Waals surface area contributed by atoms with Crippen molar-refractivity contribution in [2.45, 2.75) is 13.3 Å². The van der Waals surface area contributed by atoms with E-state index in [4.69, 9.17) is 5.26 Å². The number of aromatic nitrogens is 1. The summed E-state index contributed by atoms with van der Waals surface area (Å²) in [7, 11) is 0. The monoisotopic (exact) mass is 280 g/mol. The molecule has 0 spiro atoms. The maximum Gasteiger partial charge on any atom is 0.573 e. The van der Waals surface area contributed by atoms with Crippen molar-refractivity contribution in [1.29, 1.82) is 5.26 Å². The zero-order chi connectivity index (χ0) is 11.6. The van der Waals surface area contributed by atoms with Gasteiger partial charge in [-0.3, -0.25) is 0 Å². The Labute approximate surface area is 91.6 Å². The number of hydrogen-bond acceptors (Lipinski definition) is 3. The van der Waals surface area contributed by atoms with Crippen molar-refractivity contribution in [2.75, 3.05) is 0 Å². The van der Waals surface area contributed by atoms with Crippen molar-refractivity contribution in [3.8, 4) is 11.8 Å². The van der Waals surface area contributed by atoms with E-state index in [-0.39, 0.29) is 10.2 Å². The molecule has 0 bridgehead atoms. The van der Waals surface area contributed by atoms with Crippen LogP contribution in [0.1, 0.15) is 11.3 Å². The van der Waals surface area contributed by atoms with Gasteiger partial charge in [-0.25, -0.2) is 4.98 Å². The van der Waals surface area contributed by atoms with E-state index < -0.39 is 12.1 Å². The van der Waals surface area contributed by atoms with E-state index in [1.807, 2.05) is 0 Å². The maximum atomic E-state index is 11.9. The third-order valence-corrected chi connectivity index (χ3v) is 2.53. The first-order valence-electron chi connectivity index (χ1n) is 3.66. The first-order valence-corrected chi connectivity index (χ1v) is 4.45. The highest BCUT2D eigenvalue weighted by Crippen LogP contribution is 2.32.